The van der Waals surface area contributed by atoms with Gasteiger partial charge in [-0.3, -0.25) is 4.79 Å². The van der Waals surface area contributed by atoms with E-state index >= 15 is 0 Å². The van der Waals surface area contributed by atoms with Gasteiger partial charge in [-0.25, -0.2) is 0 Å². The minimum absolute atomic E-state index is 0.0748. The maximum Gasteiger partial charge on any atom is 0.227 e. The van der Waals surface area contributed by atoms with Gasteiger partial charge in [0.15, 0.2) is 0 Å². The molecule has 0 saturated carbocycles. The summed E-state index contributed by atoms with van der Waals surface area (Å²) in [4.78, 5) is 14.5. The molecule has 2 aromatic carbocycles. The molecule has 138 valence electrons. The second kappa shape index (κ2) is 8.92. The van der Waals surface area contributed by atoms with Gasteiger partial charge in [0.05, 0.1) is 26.2 Å². The van der Waals surface area contributed by atoms with E-state index in [1.54, 1.807) is 12.1 Å². The smallest absolute Gasteiger partial charge is 0.227 e. The molecule has 1 aliphatic heterocycles. The standard InChI is InChI=1S/C20H23ClN2O3/c1-15-13-17(23-8-11-25-12-9-23)5-6-19(15)22-20(24)7-10-26-18-4-2-3-16(21)14-18/h2-6,13-14H,7-12H2,1H3,(H,22,24). The van der Waals surface area contributed by atoms with Crippen LogP contribution in [0.1, 0.15) is 12.0 Å². The van der Waals surface area contributed by atoms with Gasteiger partial charge in [-0.2, -0.15) is 0 Å². The van der Waals surface area contributed by atoms with Gasteiger partial charge < -0.3 is 19.7 Å². The number of ether oxygens (including phenoxy) is 2. The summed E-state index contributed by atoms with van der Waals surface area (Å²) in [5, 5.41) is 3.56. The van der Waals surface area contributed by atoms with Gasteiger partial charge in [-0.05, 0) is 48.9 Å². The van der Waals surface area contributed by atoms with Crippen LogP contribution in [0.3, 0.4) is 0 Å². The van der Waals surface area contributed by atoms with E-state index in [2.05, 4.69) is 16.3 Å². The minimum atomic E-state index is -0.0748. The second-order valence-electron chi connectivity index (χ2n) is 6.20. The summed E-state index contributed by atoms with van der Waals surface area (Å²) in [5.41, 5.74) is 3.03. The quantitative estimate of drug-likeness (QED) is 0.833. The first kappa shape index (κ1) is 18.5. The number of nitrogens with one attached hydrogen (secondary N) is 1. The number of benzene rings is 2. The van der Waals surface area contributed by atoms with Crippen molar-refractivity contribution in [1.82, 2.24) is 0 Å². The molecule has 3 rings (SSSR count). The third kappa shape index (κ3) is 5.13. The monoisotopic (exact) mass is 374 g/mol. The van der Waals surface area contributed by atoms with Crippen LogP contribution >= 0.6 is 11.6 Å². The zero-order valence-electron chi connectivity index (χ0n) is 14.8. The van der Waals surface area contributed by atoms with Gasteiger partial charge in [0.25, 0.3) is 0 Å². The lowest BCUT2D eigenvalue weighted by Gasteiger charge is -2.29. The summed E-state index contributed by atoms with van der Waals surface area (Å²) < 4.78 is 10.9. The Labute approximate surface area is 158 Å². The molecule has 1 heterocycles. The van der Waals surface area contributed by atoms with Crippen molar-refractivity contribution < 1.29 is 14.3 Å². The maximum atomic E-state index is 12.2. The van der Waals surface area contributed by atoms with E-state index in [0.717, 1.165) is 43.2 Å². The third-order valence-electron chi connectivity index (χ3n) is 4.25. The largest absolute Gasteiger partial charge is 0.493 e. The molecule has 0 bridgehead atoms. The molecule has 6 heteroatoms. The third-order valence-corrected chi connectivity index (χ3v) is 4.49. The van der Waals surface area contributed by atoms with Crippen LogP contribution in [-0.4, -0.2) is 38.8 Å². The molecule has 0 aliphatic carbocycles. The normalized spacial score (nSPS) is 14.2. The number of anilines is 2. The summed E-state index contributed by atoms with van der Waals surface area (Å²) in [5.74, 6) is 0.589. The number of hydrogen-bond donors (Lipinski definition) is 1. The fourth-order valence-electron chi connectivity index (χ4n) is 2.84. The average molecular weight is 375 g/mol. The molecule has 1 N–H and O–H groups in total. The van der Waals surface area contributed by atoms with Gasteiger partial charge in [0, 0.05) is 29.5 Å². The highest BCUT2D eigenvalue weighted by Gasteiger charge is 2.13. The van der Waals surface area contributed by atoms with Crippen LogP contribution < -0.4 is 15.0 Å². The molecule has 0 spiro atoms. The van der Waals surface area contributed by atoms with Crippen LogP contribution in [0.4, 0.5) is 11.4 Å². The number of aryl methyl sites for hydroxylation is 1. The number of morpholine rings is 1. The number of amides is 1. The van der Waals surface area contributed by atoms with Crippen molar-refractivity contribution >= 4 is 28.9 Å². The van der Waals surface area contributed by atoms with Crippen molar-refractivity contribution in [2.45, 2.75) is 13.3 Å². The number of nitrogens with zero attached hydrogens (tertiary/aromatic N) is 1. The van der Waals surface area contributed by atoms with E-state index in [4.69, 9.17) is 21.1 Å². The van der Waals surface area contributed by atoms with E-state index in [-0.39, 0.29) is 12.3 Å². The van der Waals surface area contributed by atoms with Crippen molar-refractivity contribution in [1.29, 1.82) is 0 Å². The number of halogens is 1. The highest BCUT2D eigenvalue weighted by molar-refractivity contribution is 6.30. The van der Waals surface area contributed by atoms with E-state index in [9.17, 15) is 4.79 Å². The summed E-state index contributed by atoms with van der Waals surface area (Å²) in [6, 6.07) is 13.2. The lowest BCUT2D eigenvalue weighted by molar-refractivity contribution is -0.116. The zero-order chi connectivity index (χ0) is 18.4. The highest BCUT2D eigenvalue weighted by atomic mass is 35.5. The minimum Gasteiger partial charge on any atom is -0.493 e. The Balaban J connectivity index is 1.50. The Hall–Kier alpha value is -2.24. The summed E-state index contributed by atoms with van der Waals surface area (Å²) in [6.45, 7) is 5.60. The molecule has 26 heavy (non-hydrogen) atoms. The molecule has 0 atom stereocenters. The molecular formula is C20H23ClN2O3. The van der Waals surface area contributed by atoms with Crippen LogP contribution in [0.25, 0.3) is 0 Å². The predicted octanol–water partition coefficient (Wildman–Crippen LogP) is 3.89. The summed E-state index contributed by atoms with van der Waals surface area (Å²) >= 11 is 5.91. The molecular weight excluding hydrogens is 352 g/mol. The van der Waals surface area contributed by atoms with Crippen molar-refractivity contribution in [2.75, 3.05) is 43.1 Å². The maximum absolute atomic E-state index is 12.2. The number of hydrogen-bond acceptors (Lipinski definition) is 4. The number of rotatable bonds is 6. The zero-order valence-corrected chi connectivity index (χ0v) is 15.6. The molecule has 0 radical (unpaired) electrons. The SMILES string of the molecule is Cc1cc(N2CCOCC2)ccc1NC(=O)CCOc1cccc(Cl)c1. The summed E-state index contributed by atoms with van der Waals surface area (Å²) in [6.07, 6.45) is 0.275. The van der Waals surface area contributed by atoms with Crippen LogP contribution in [0.2, 0.25) is 5.02 Å². The van der Waals surface area contributed by atoms with Crippen molar-refractivity contribution in [3.63, 3.8) is 0 Å². The van der Waals surface area contributed by atoms with Gasteiger partial charge in [0.2, 0.25) is 5.91 Å². The van der Waals surface area contributed by atoms with Crippen LogP contribution in [0.15, 0.2) is 42.5 Å². The Kier molecular flexibility index (Phi) is 6.36. The molecule has 1 saturated heterocycles. The summed E-state index contributed by atoms with van der Waals surface area (Å²) in [7, 11) is 0. The first-order valence-corrected chi connectivity index (χ1v) is 9.11. The number of carbonyl (C=O) groups is 1. The second-order valence-corrected chi connectivity index (χ2v) is 6.64. The highest BCUT2D eigenvalue weighted by Crippen LogP contribution is 2.23. The molecule has 1 fully saturated rings. The Bertz CT molecular complexity index is 760. The van der Waals surface area contributed by atoms with Gasteiger partial charge >= 0.3 is 0 Å². The van der Waals surface area contributed by atoms with E-state index in [1.165, 1.54) is 0 Å². The number of carbonyl (C=O) groups excluding carboxylic acids is 1. The molecule has 0 aromatic heterocycles. The molecule has 1 aliphatic rings. The molecule has 0 unspecified atom stereocenters. The predicted molar refractivity (Wildman–Crippen MR) is 104 cm³/mol. The van der Waals surface area contributed by atoms with Crippen molar-refractivity contribution in [3.05, 3.63) is 53.1 Å². The topological polar surface area (TPSA) is 50.8 Å². The molecule has 5 nitrogen and oxygen atoms in total. The van der Waals surface area contributed by atoms with Gasteiger partial charge in [-0.1, -0.05) is 17.7 Å². The fraction of sp³-hybridized carbons (Fsp3) is 0.350. The van der Waals surface area contributed by atoms with Crippen molar-refractivity contribution in [2.24, 2.45) is 0 Å². The van der Waals surface area contributed by atoms with Crippen LogP contribution in [-0.2, 0) is 9.53 Å². The first-order chi connectivity index (χ1) is 12.6. The Morgan fingerprint density at radius 1 is 1.23 bits per heavy atom. The van der Waals surface area contributed by atoms with Crippen molar-refractivity contribution in [3.8, 4) is 5.75 Å². The van der Waals surface area contributed by atoms with Crippen LogP contribution in [0, 0.1) is 6.92 Å². The molecule has 2 aromatic rings. The first-order valence-electron chi connectivity index (χ1n) is 8.73. The fourth-order valence-corrected chi connectivity index (χ4v) is 3.02. The Morgan fingerprint density at radius 2 is 2.04 bits per heavy atom. The average Bonchev–Trinajstić information content (AvgIpc) is 2.64. The van der Waals surface area contributed by atoms with Gasteiger partial charge in [0.1, 0.15) is 5.75 Å². The van der Waals surface area contributed by atoms with E-state index in [0.29, 0.717) is 17.4 Å². The van der Waals surface area contributed by atoms with Crippen LogP contribution in [0.5, 0.6) is 5.75 Å². The molecule has 1 amide bonds. The lowest BCUT2D eigenvalue weighted by atomic mass is 10.1. The Morgan fingerprint density at radius 3 is 2.77 bits per heavy atom. The van der Waals surface area contributed by atoms with Gasteiger partial charge in [-0.15, -0.1) is 0 Å². The lowest BCUT2D eigenvalue weighted by Crippen LogP contribution is -2.36. The van der Waals surface area contributed by atoms with E-state index < -0.39 is 0 Å². The van der Waals surface area contributed by atoms with E-state index in [1.807, 2.05) is 31.2 Å².